The maximum Gasteiger partial charge on any atom is 0.262 e. The molecule has 0 aliphatic heterocycles. The molecule has 0 fully saturated rings. The fourth-order valence-electron chi connectivity index (χ4n) is 3.04. The zero-order valence-corrected chi connectivity index (χ0v) is 17.6. The molecule has 1 atom stereocenters. The number of hydrogen-bond acceptors (Lipinski definition) is 5. The van der Waals surface area contributed by atoms with Crippen molar-refractivity contribution in [1.29, 1.82) is 0 Å². The van der Waals surface area contributed by atoms with Crippen LogP contribution in [-0.2, 0) is 21.1 Å². The van der Waals surface area contributed by atoms with Crippen LogP contribution in [-0.4, -0.2) is 49.8 Å². The molecule has 0 aliphatic carbocycles. The van der Waals surface area contributed by atoms with E-state index in [2.05, 4.69) is 15.6 Å². The maximum atomic E-state index is 12.8. The van der Waals surface area contributed by atoms with Crippen LogP contribution >= 0.6 is 11.3 Å². The second kappa shape index (κ2) is 9.23. The molecule has 2 amide bonds. The van der Waals surface area contributed by atoms with Crippen molar-refractivity contribution in [3.63, 3.8) is 0 Å². The van der Waals surface area contributed by atoms with E-state index >= 15 is 0 Å². The molecule has 7 nitrogen and oxygen atoms in total. The molecule has 3 N–H and O–H groups in total. The van der Waals surface area contributed by atoms with Gasteiger partial charge >= 0.3 is 0 Å². The highest BCUT2D eigenvalue weighted by Gasteiger charge is 2.23. The summed E-state index contributed by atoms with van der Waals surface area (Å²) in [5, 5.41) is 8.34. The molecule has 0 spiro atoms. The average Bonchev–Trinajstić information content (AvgIpc) is 3.34. The first kappa shape index (κ1) is 21.1. The topological polar surface area (TPSA) is 108 Å². The summed E-state index contributed by atoms with van der Waals surface area (Å²) >= 11 is 1.30. The number of hydrogen-bond donors (Lipinski definition) is 3. The molecule has 2 aromatic heterocycles. The molecule has 154 valence electrons. The summed E-state index contributed by atoms with van der Waals surface area (Å²) in [4.78, 5) is 29.0. The van der Waals surface area contributed by atoms with Gasteiger partial charge in [0.1, 0.15) is 15.9 Å². The molecule has 0 bridgehead atoms. The summed E-state index contributed by atoms with van der Waals surface area (Å²) in [7, 11) is -3.08. The number of H-pyrrole nitrogens is 1. The van der Waals surface area contributed by atoms with E-state index in [1.165, 1.54) is 11.3 Å². The molecule has 9 heteroatoms. The van der Waals surface area contributed by atoms with Gasteiger partial charge in [-0.25, -0.2) is 8.42 Å². The van der Waals surface area contributed by atoms with E-state index in [-0.39, 0.29) is 24.1 Å². The van der Waals surface area contributed by atoms with Crippen LogP contribution in [0, 0.1) is 0 Å². The number of aromatic nitrogens is 1. The van der Waals surface area contributed by atoms with Gasteiger partial charge in [0, 0.05) is 36.3 Å². The number of nitrogens with one attached hydrogen (secondary N) is 3. The molecule has 1 aromatic carbocycles. The third-order valence-corrected chi connectivity index (χ3v) is 6.36. The van der Waals surface area contributed by atoms with Gasteiger partial charge in [0.05, 0.1) is 10.6 Å². The molecular weight excluding hydrogens is 410 g/mol. The van der Waals surface area contributed by atoms with Crippen molar-refractivity contribution >= 4 is 43.9 Å². The average molecular weight is 434 g/mol. The van der Waals surface area contributed by atoms with Gasteiger partial charge in [0.25, 0.3) is 5.91 Å². The first-order valence-electron chi connectivity index (χ1n) is 9.18. The Morgan fingerprint density at radius 3 is 2.69 bits per heavy atom. The number of carbonyl (C=O) groups is 2. The molecule has 2 heterocycles. The number of carbonyl (C=O) groups excluding carboxylic acids is 2. The Labute approximate surface area is 173 Å². The molecule has 29 heavy (non-hydrogen) atoms. The molecule has 0 aliphatic rings. The normalized spacial score (nSPS) is 12.6. The Balaban J connectivity index is 1.72. The predicted molar refractivity (Wildman–Crippen MR) is 115 cm³/mol. The summed E-state index contributed by atoms with van der Waals surface area (Å²) in [6, 6.07) is 10.5. The molecule has 0 radical (unpaired) electrons. The highest BCUT2D eigenvalue weighted by molar-refractivity contribution is 7.90. The fraction of sp³-hybridized carbons (Fsp3) is 0.300. The number of para-hydroxylation sites is 1. The second-order valence-electron chi connectivity index (χ2n) is 6.84. The molecule has 0 saturated heterocycles. The van der Waals surface area contributed by atoms with Crippen LogP contribution in [0.25, 0.3) is 10.9 Å². The lowest BCUT2D eigenvalue weighted by Gasteiger charge is -2.18. The van der Waals surface area contributed by atoms with Gasteiger partial charge < -0.3 is 15.6 Å². The van der Waals surface area contributed by atoms with Gasteiger partial charge in [-0.3, -0.25) is 9.59 Å². The van der Waals surface area contributed by atoms with Crippen molar-refractivity contribution < 1.29 is 18.0 Å². The zero-order chi connectivity index (χ0) is 20.9. The standard InChI is InChI=1S/C20H23N3O4S2/c1-29(26,27)11-5-9-21-19(24)17(23-20(25)18-8-4-10-28-18)12-14-13-22-16-7-3-2-6-15(14)16/h2-4,6-8,10,13,17,22H,5,9,11-12H2,1H3,(H,21,24)(H,23,25). The van der Waals surface area contributed by atoms with Crippen molar-refractivity contribution in [1.82, 2.24) is 15.6 Å². The highest BCUT2D eigenvalue weighted by atomic mass is 32.2. The van der Waals surface area contributed by atoms with Crippen molar-refractivity contribution in [2.24, 2.45) is 0 Å². The number of benzene rings is 1. The quantitative estimate of drug-likeness (QED) is 0.449. The zero-order valence-electron chi connectivity index (χ0n) is 16.0. The van der Waals surface area contributed by atoms with Gasteiger partial charge in [-0.2, -0.15) is 0 Å². The summed E-state index contributed by atoms with van der Waals surface area (Å²) in [6.45, 7) is 0.227. The Morgan fingerprint density at radius 2 is 1.97 bits per heavy atom. The molecular formula is C20H23N3O4S2. The van der Waals surface area contributed by atoms with Gasteiger partial charge in [0.15, 0.2) is 0 Å². The van der Waals surface area contributed by atoms with Crippen molar-refractivity contribution in [3.05, 3.63) is 58.4 Å². The lowest BCUT2D eigenvalue weighted by Crippen LogP contribution is -2.48. The van der Waals surface area contributed by atoms with E-state index in [4.69, 9.17) is 0 Å². The van der Waals surface area contributed by atoms with Crippen molar-refractivity contribution in [3.8, 4) is 0 Å². The number of aromatic amines is 1. The van der Waals surface area contributed by atoms with Crippen LogP contribution in [0.15, 0.2) is 48.0 Å². The molecule has 3 rings (SSSR count). The first-order chi connectivity index (χ1) is 13.8. The van der Waals surface area contributed by atoms with Crippen LogP contribution in [0.3, 0.4) is 0 Å². The largest absolute Gasteiger partial charge is 0.361 e. The van der Waals surface area contributed by atoms with Crippen molar-refractivity contribution in [2.75, 3.05) is 18.6 Å². The minimum absolute atomic E-state index is 0.00193. The van der Waals surface area contributed by atoms with E-state index in [1.54, 1.807) is 17.5 Å². The number of rotatable bonds is 9. The van der Waals surface area contributed by atoms with Crippen LogP contribution < -0.4 is 10.6 Å². The number of amides is 2. The minimum atomic E-state index is -3.08. The lowest BCUT2D eigenvalue weighted by atomic mass is 10.0. The van der Waals surface area contributed by atoms with Gasteiger partial charge in [-0.05, 0) is 29.5 Å². The smallest absolute Gasteiger partial charge is 0.262 e. The van der Waals surface area contributed by atoms with E-state index in [9.17, 15) is 18.0 Å². The maximum absolute atomic E-state index is 12.8. The van der Waals surface area contributed by atoms with E-state index in [1.807, 2.05) is 30.5 Å². The van der Waals surface area contributed by atoms with Crippen LogP contribution in [0.5, 0.6) is 0 Å². The summed E-state index contributed by atoms with van der Waals surface area (Å²) in [5.74, 6) is -0.646. The Bertz CT molecular complexity index is 1090. The Kier molecular flexibility index (Phi) is 6.71. The number of thiophene rings is 1. The van der Waals surface area contributed by atoms with E-state index in [0.717, 1.165) is 22.7 Å². The second-order valence-corrected chi connectivity index (χ2v) is 10.0. The Hall–Kier alpha value is -2.65. The van der Waals surface area contributed by atoms with Crippen LogP contribution in [0.4, 0.5) is 0 Å². The van der Waals surface area contributed by atoms with Gasteiger partial charge in [-0.15, -0.1) is 11.3 Å². The van der Waals surface area contributed by atoms with Crippen molar-refractivity contribution in [2.45, 2.75) is 18.9 Å². The molecule has 3 aromatic rings. The minimum Gasteiger partial charge on any atom is -0.361 e. The number of sulfone groups is 1. The first-order valence-corrected chi connectivity index (χ1v) is 12.1. The van der Waals surface area contributed by atoms with E-state index in [0.29, 0.717) is 17.7 Å². The summed E-state index contributed by atoms with van der Waals surface area (Å²) in [5.41, 5.74) is 1.88. The third kappa shape index (κ3) is 5.91. The van der Waals surface area contributed by atoms with Gasteiger partial charge in [0.2, 0.25) is 5.91 Å². The number of fused-ring (bicyclic) bond motifs is 1. The van der Waals surface area contributed by atoms with Crippen LogP contribution in [0.1, 0.15) is 21.7 Å². The molecule has 0 saturated carbocycles. The third-order valence-electron chi connectivity index (χ3n) is 4.46. The lowest BCUT2D eigenvalue weighted by molar-refractivity contribution is -0.122. The van der Waals surface area contributed by atoms with E-state index < -0.39 is 15.9 Å². The van der Waals surface area contributed by atoms with Gasteiger partial charge in [-0.1, -0.05) is 24.3 Å². The molecule has 1 unspecified atom stereocenters. The Morgan fingerprint density at radius 1 is 1.17 bits per heavy atom. The fourth-order valence-corrected chi connectivity index (χ4v) is 4.33. The summed E-state index contributed by atoms with van der Waals surface area (Å²) < 4.78 is 22.5. The highest BCUT2D eigenvalue weighted by Crippen LogP contribution is 2.19. The monoisotopic (exact) mass is 433 g/mol. The summed E-state index contributed by atoms with van der Waals surface area (Å²) in [6.07, 6.45) is 3.64. The van der Waals surface area contributed by atoms with Crippen LogP contribution in [0.2, 0.25) is 0 Å². The predicted octanol–water partition coefficient (Wildman–Crippen LogP) is 2.12. The SMILES string of the molecule is CS(=O)(=O)CCCNC(=O)C(Cc1c[nH]c2ccccc12)NC(=O)c1cccs1.